The average molecular weight is 441 g/mol. The molecule has 2 aliphatic heterocycles. The maximum absolute atomic E-state index is 13.1. The van der Waals surface area contributed by atoms with E-state index in [4.69, 9.17) is 18.9 Å². The van der Waals surface area contributed by atoms with E-state index in [1.165, 1.54) is 0 Å². The minimum Gasteiger partial charge on any atom is -0.496 e. The molecule has 32 heavy (non-hydrogen) atoms. The third-order valence-corrected chi connectivity index (χ3v) is 5.65. The molecule has 2 aromatic carbocycles. The van der Waals surface area contributed by atoms with E-state index in [0.29, 0.717) is 60.3 Å². The van der Waals surface area contributed by atoms with Gasteiger partial charge >= 0.3 is 0 Å². The molecule has 2 aromatic rings. The lowest BCUT2D eigenvalue weighted by Crippen LogP contribution is -2.50. The van der Waals surface area contributed by atoms with Crippen LogP contribution in [-0.2, 0) is 0 Å². The van der Waals surface area contributed by atoms with Gasteiger partial charge in [0.05, 0.1) is 14.2 Å². The second-order valence-corrected chi connectivity index (χ2v) is 7.50. The molecule has 9 nitrogen and oxygen atoms in total. The highest BCUT2D eigenvalue weighted by atomic mass is 16.7. The van der Waals surface area contributed by atoms with Crippen LogP contribution in [0.4, 0.5) is 0 Å². The van der Waals surface area contributed by atoms with Crippen molar-refractivity contribution in [1.82, 2.24) is 15.1 Å². The predicted molar refractivity (Wildman–Crippen MR) is 117 cm³/mol. The molecule has 1 fully saturated rings. The molecule has 0 spiro atoms. The van der Waals surface area contributed by atoms with Crippen LogP contribution in [0.15, 0.2) is 36.4 Å². The summed E-state index contributed by atoms with van der Waals surface area (Å²) in [7, 11) is 3.09. The highest BCUT2D eigenvalue weighted by Crippen LogP contribution is 2.32. The van der Waals surface area contributed by atoms with Crippen LogP contribution >= 0.6 is 0 Å². The van der Waals surface area contributed by atoms with Crippen molar-refractivity contribution in [2.45, 2.75) is 0 Å². The zero-order valence-electron chi connectivity index (χ0n) is 18.3. The van der Waals surface area contributed by atoms with Crippen molar-refractivity contribution in [2.75, 3.05) is 60.3 Å². The molecule has 0 aromatic heterocycles. The van der Waals surface area contributed by atoms with Crippen LogP contribution in [0.1, 0.15) is 20.7 Å². The summed E-state index contributed by atoms with van der Waals surface area (Å²) < 4.78 is 21.3. The largest absolute Gasteiger partial charge is 0.496 e. The number of hydrogen-bond acceptors (Lipinski definition) is 7. The molecule has 0 unspecified atom stereocenters. The first-order chi connectivity index (χ1) is 15.6. The lowest BCUT2D eigenvalue weighted by Gasteiger charge is -2.35. The van der Waals surface area contributed by atoms with Gasteiger partial charge in [-0.25, -0.2) is 0 Å². The number of piperazine rings is 1. The quantitative estimate of drug-likeness (QED) is 0.698. The molecule has 2 heterocycles. The first-order valence-corrected chi connectivity index (χ1v) is 10.5. The predicted octanol–water partition coefficient (Wildman–Crippen LogP) is 1.62. The number of methoxy groups -OCH3 is 2. The van der Waals surface area contributed by atoms with Gasteiger partial charge < -0.3 is 29.2 Å². The van der Waals surface area contributed by atoms with E-state index >= 15 is 0 Å². The highest BCUT2D eigenvalue weighted by Gasteiger charge is 2.27. The Morgan fingerprint density at radius 1 is 0.969 bits per heavy atom. The van der Waals surface area contributed by atoms with Crippen LogP contribution in [-0.4, -0.2) is 81.9 Å². The lowest BCUT2D eigenvalue weighted by atomic mass is 10.1. The zero-order chi connectivity index (χ0) is 22.5. The van der Waals surface area contributed by atoms with Crippen LogP contribution in [0.3, 0.4) is 0 Å². The maximum Gasteiger partial charge on any atom is 0.261 e. The van der Waals surface area contributed by atoms with Crippen LogP contribution in [0.5, 0.6) is 23.0 Å². The van der Waals surface area contributed by atoms with Gasteiger partial charge in [0, 0.05) is 44.8 Å². The first-order valence-electron chi connectivity index (χ1n) is 10.5. The van der Waals surface area contributed by atoms with Crippen LogP contribution in [0.2, 0.25) is 0 Å². The molecule has 2 aliphatic rings. The van der Waals surface area contributed by atoms with Crippen molar-refractivity contribution < 1.29 is 28.5 Å². The summed E-state index contributed by atoms with van der Waals surface area (Å²) in [5.74, 6) is 1.99. The number of amides is 2. The van der Waals surface area contributed by atoms with Crippen molar-refractivity contribution in [1.29, 1.82) is 0 Å². The summed E-state index contributed by atoms with van der Waals surface area (Å²) in [4.78, 5) is 29.5. The average Bonchev–Trinajstić information content (AvgIpc) is 3.31. The van der Waals surface area contributed by atoms with E-state index < -0.39 is 0 Å². The Morgan fingerprint density at radius 2 is 1.66 bits per heavy atom. The Labute approximate surface area is 186 Å². The molecule has 0 saturated carbocycles. The molecule has 9 heteroatoms. The molecule has 0 radical (unpaired) electrons. The van der Waals surface area contributed by atoms with Gasteiger partial charge in [-0.3, -0.25) is 14.5 Å². The molecular formula is C23H27N3O6. The summed E-state index contributed by atoms with van der Waals surface area (Å²) in [6.45, 7) is 4.04. The molecule has 4 rings (SSSR count). The van der Waals surface area contributed by atoms with Gasteiger partial charge in [0.25, 0.3) is 11.8 Å². The summed E-state index contributed by atoms with van der Waals surface area (Å²) in [6.07, 6.45) is 0. The number of ether oxygens (including phenoxy) is 4. The van der Waals surface area contributed by atoms with Gasteiger partial charge in [0.15, 0.2) is 11.5 Å². The van der Waals surface area contributed by atoms with Crippen molar-refractivity contribution in [3.8, 4) is 23.0 Å². The summed E-state index contributed by atoms with van der Waals surface area (Å²) in [5, 5.41) is 2.94. The van der Waals surface area contributed by atoms with Gasteiger partial charge in [-0.2, -0.15) is 0 Å². The van der Waals surface area contributed by atoms with Crippen molar-refractivity contribution in [3.05, 3.63) is 47.5 Å². The van der Waals surface area contributed by atoms with E-state index in [1.54, 1.807) is 50.6 Å². The smallest absolute Gasteiger partial charge is 0.261 e. The van der Waals surface area contributed by atoms with E-state index in [-0.39, 0.29) is 18.6 Å². The Balaban J connectivity index is 1.26. The zero-order valence-corrected chi connectivity index (χ0v) is 18.3. The topological polar surface area (TPSA) is 89.6 Å². The second-order valence-electron chi connectivity index (χ2n) is 7.50. The van der Waals surface area contributed by atoms with Gasteiger partial charge in [-0.15, -0.1) is 0 Å². The number of benzene rings is 2. The minimum atomic E-state index is -0.152. The third kappa shape index (κ3) is 4.57. The van der Waals surface area contributed by atoms with E-state index in [0.717, 1.165) is 13.1 Å². The molecule has 170 valence electrons. The number of carbonyl (C=O) groups is 2. The fraction of sp³-hybridized carbons (Fsp3) is 0.391. The van der Waals surface area contributed by atoms with Crippen LogP contribution < -0.4 is 24.3 Å². The van der Waals surface area contributed by atoms with Crippen molar-refractivity contribution in [3.63, 3.8) is 0 Å². The van der Waals surface area contributed by atoms with Gasteiger partial charge in [-0.05, 0) is 30.3 Å². The Bertz CT molecular complexity index is 965. The lowest BCUT2D eigenvalue weighted by molar-refractivity contribution is 0.0631. The molecule has 1 N–H and O–H groups in total. The van der Waals surface area contributed by atoms with Crippen molar-refractivity contribution in [2.24, 2.45) is 0 Å². The minimum absolute atomic E-state index is 0.102. The molecular weight excluding hydrogens is 414 g/mol. The normalized spacial score (nSPS) is 15.4. The maximum atomic E-state index is 13.1. The molecule has 1 saturated heterocycles. The second kappa shape index (κ2) is 9.78. The van der Waals surface area contributed by atoms with Crippen LogP contribution in [0.25, 0.3) is 0 Å². The molecule has 0 aliphatic carbocycles. The Morgan fingerprint density at radius 3 is 2.34 bits per heavy atom. The third-order valence-electron chi connectivity index (χ3n) is 5.65. The standard InChI is InChI=1S/C23H27N3O6/c1-29-18-4-3-5-19(30-2)21(18)23(28)26-12-10-25(11-13-26)9-8-24-22(27)16-6-7-17-20(14-16)32-15-31-17/h3-7,14H,8-13,15H2,1-2H3,(H,24,27). The molecule has 0 atom stereocenters. The van der Waals surface area contributed by atoms with E-state index in [1.807, 2.05) is 4.90 Å². The SMILES string of the molecule is COc1cccc(OC)c1C(=O)N1CCN(CCNC(=O)c2ccc3c(c2)OCO3)CC1. The van der Waals surface area contributed by atoms with Gasteiger partial charge in [0.2, 0.25) is 6.79 Å². The van der Waals surface area contributed by atoms with Crippen molar-refractivity contribution >= 4 is 11.8 Å². The Hall–Kier alpha value is -3.46. The summed E-state index contributed by atoms with van der Waals surface area (Å²) in [6, 6.07) is 10.5. The monoisotopic (exact) mass is 441 g/mol. The number of carbonyl (C=O) groups excluding carboxylic acids is 2. The fourth-order valence-electron chi connectivity index (χ4n) is 3.86. The number of rotatable bonds is 7. The number of nitrogens with one attached hydrogen (secondary N) is 1. The first kappa shape index (κ1) is 21.8. The number of hydrogen-bond donors (Lipinski definition) is 1. The van der Waals surface area contributed by atoms with Gasteiger partial charge in [-0.1, -0.05) is 6.07 Å². The molecule has 2 amide bonds. The fourth-order valence-corrected chi connectivity index (χ4v) is 3.86. The number of nitrogens with zero attached hydrogens (tertiary/aromatic N) is 2. The number of fused-ring (bicyclic) bond motifs is 1. The molecule has 0 bridgehead atoms. The van der Waals surface area contributed by atoms with E-state index in [2.05, 4.69) is 10.2 Å². The summed E-state index contributed by atoms with van der Waals surface area (Å²) in [5.41, 5.74) is 0.984. The highest BCUT2D eigenvalue weighted by molar-refractivity contribution is 5.99. The van der Waals surface area contributed by atoms with Gasteiger partial charge in [0.1, 0.15) is 17.1 Å². The van der Waals surface area contributed by atoms with Crippen LogP contribution in [0, 0.1) is 0 Å². The Kier molecular flexibility index (Phi) is 6.65. The van der Waals surface area contributed by atoms with E-state index in [9.17, 15) is 9.59 Å². The summed E-state index contributed by atoms with van der Waals surface area (Å²) >= 11 is 0.